The van der Waals surface area contributed by atoms with Crippen LogP contribution < -0.4 is 31.9 Å². The molecule has 0 aliphatic carbocycles. The number of carbonyl (C=O) groups excluding carboxylic acids is 9. The predicted octanol–water partition coefficient (Wildman–Crippen LogP) is 7.81. The summed E-state index contributed by atoms with van der Waals surface area (Å²) >= 11 is 0. The van der Waals surface area contributed by atoms with E-state index in [2.05, 4.69) is 46.9 Å². The van der Waals surface area contributed by atoms with Crippen LogP contribution in [0.15, 0.2) is 48.5 Å². The molecule has 0 saturated carbocycles. The van der Waals surface area contributed by atoms with Crippen molar-refractivity contribution >= 4 is 105 Å². The molecule has 536 valence electrons. The molecule has 6 heterocycles. The van der Waals surface area contributed by atoms with Crippen LogP contribution in [-0.4, -0.2) is 155 Å². The lowest BCUT2D eigenvalue weighted by Gasteiger charge is -2.15. The number of fused-ring (bicyclic) bond motifs is 3. The molecule has 0 spiro atoms. The molecular formula is C72H85F4N9O15. The molecule has 3 aromatic heterocycles. The summed E-state index contributed by atoms with van der Waals surface area (Å²) in [5.41, 5.74) is 8.51. The van der Waals surface area contributed by atoms with Gasteiger partial charge < -0.3 is 77.5 Å². The molecule has 0 radical (unpaired) electrons. The van der Waals surface area contributed by atoms with Gasteiger partial charge in [0.05, 0.1) is 75.7 Å². The Bertz CT molecular complexity index is 4240. The number of nitrogens with one attached hydrogen (secondary N) is 9. The number of Topliss-reactive ketones (excluding diaryl/α,β-unsaturated/α-hetero) is 3. The number of halogens is 4. The largest absolute Gasteiger partial charge is 0.393 e. The van der Waals surface area contributed by atoms with Crippen LogP contribution in [0, 0.1) is 64.8 Å². The Kier molecular flexibility index (Phi) is 27.4. The molecule has 15 N–H and O–H groups in total. The van der Waals surface area contributed by atoms with Crippen LogP contribution in [0.2, 0.25) is 0 Å². The van der Waals surface area contributed by atoms with Crippen molar-refractivity contribution in [1.29, 1.82) is 0 Å². The normalized spacial score (nSPS) is 15.7. The van der Waals surface area contributed by atoms with Gasteiger partial charge >= 0.3 is 0 Å². The highest BCUT2D eigenvalue weighted by Gasteiger charge is 2.32. The minimum Gasteiger partial charge on any atom is -0.393 e. The Labute approximate surface area is 574 Å². The standard InChI is InChI=1S/C24H27F2N3O5.C24H28FN3O5.C23H26FN3O5.CH4/c1-11(30)8-15(32)9-14(31)6-7-27-24(34)20-12(2)19(28-13(20)3)10-16-21-18(29-23(16)33)5-4-17(25)22(21)26;1-12(29)8-17(31)10-16(30)6-7-26-24(33)22-13(2)21(27-14(22)3)11-19-18-9-15(25)4-5-20(18)28-23(19)32;1-11(28)6-15(29)8-16(30)10-25-23(32)21-12(2)20(26-13(21)3)9-18-17-7-14(24)4-5-19(17)27-22(18)31;/h4-5,10,14-15,28,31-32H,6-9H2,1-3H3,(H,27,34)(H,29,33);4-5,9,11,16-17,27,30-31H,6-8,10H2,1-3H3,(H,26,33)(H,28,32);4-5,7,9,15-16,26,29-30H,6,8,10H2,1-3H3,(H,25,32)(H,27,31);1H4/b16-10-;19-11-;18-9-;/t14-,15+;16-,17+;15-,16-;/m110./s1. The average Bonchev–Trinajstić information content (AvgIpc) is 1.61. The fourth-order valence-corrected chi connectivity index (χ4v) is 11.9. The van der Waals surface area contributed by atoms with Crippen LogP contribution in [0.25, 0.3) is 34.9 Å². The zero-order valence-electron chi connectivity index (χ0n) is 56.0. The molecule has 100 heavy (non-hydrogen) atoms. The molecule has 0 saturated heterocycles. The van der Waals surface area contributed by atoms with Crippen LogP contribution in [0.4, 0.5) is 34.6 Å². The highest BCUT2D eigenvalue weighted by atomic mass is 19.2. The SMILES string of the molecule is C.CC(=O)C[C@H](O)C[C@H](O)CCNC(=O)c1c(C)[nH]c(/C=C2\C(=O)Nc3ccc(F)c(F)c32)c1C.CC(=O)C[C@H](O)C[C@H](O)CCNC(=O)c1c(C)[nH]c(/C=C2\C(=O)Nc3ccc(F)cc32)c1C.CC(=O)C[C@H](O)C[C@H](O)CNC(=O)c1c(C)[nH]c(/C=C2\C(=O)Nc3ccc(F)cc32)c1C. The molecule has 24 nitrogen and oxygen atoms in total. The summed E-state index contributed by atoms with van der Waals surface area (Å²) in [4.78, 5) is 117. The van der Waals surface area contributed by atoms with Crippen molar-refractivity contribution in [2.45, 2.75) is 158 Å². The number of benzene rings is 3. The van der Waals surface area contributed by atoms with Gasteiger partial charge in [-0.1, -0.05) is 7.43 Å². The third-order valence-electron chi connectivity index (χ3n) is 16.6. The molecule has 0 bridgehead atoms. The maximum atomic E-state index is 14.4. The quantitative estimate of drug-likeness (QED) is 0.0182. The van der Waals surface area contributed by atoms with Gasteiger partial charge in [0.25, 0.3) is 35.4 Å². The van der Waals surface area contributed by atoms with Gasteiger partial charge in [0, 0.05) is 108 Å². The number of H-pyrrole nitrogens is 3. The van der Waals surface area contributed by atoms with E-state index in [9.17, 15) is 91.4 Å². The van der Waals surface area contributed by atoms with Gasteiger partial charge in [-0.15, -0.1) is 0 Å². The topological polar surface area (TPSA) is 395 Å². The fourth-order valence-electron chi connectivity index (χ4n) is 11.9. The molecule has 28 heteroatoms. The summed E-state index contributed by atoms with van der Waals surface area (Å²) in [7, 11) is 0. The summed E-state index contributed by atoms with van der Waals surface area (Å²) in [6.07, 6.45) is -0.686. The van der Waals surface area contributed by atoms with Gasteiger partial charge in [0.1, 0.15) is 29.0 Å². The summed E-state index contributed by atoms with van der Waals surface area (Å²) in [6.45, 7) is 14.5. The van der Waals surface area contributed by atoms with Gasteiger partial charge in [-0.25, -0.2) is 17.6 Å². The molecular weight excluding hydrogens is 1310 g/mol. The molecule has 3 aliphatic rings. The zero-order valence-corrected chi connectivity index (χ0v) is 56.0. The van der Waals surface area contributed by atoms with E-state index in [0.29, 0.717) is 95.6 Å². The number of hydrogen-bond donors (Lipinski definition) is 15. The van der Waals surface area contributed by atoms with E-state index in [1.54, 1.807) is 53.7 Å². The van der Waals surface area contributed by atoms with E-state index in [1.165, 1.54) is 69.3 Å². The molecule has 9 rings (SSSR count). The molecule has 6 aromatic rings. The number of carbonyl (C=O) groups is 9. The predicted molar refractivity (Wildman–Crippen MR) is 368 cm³/mol. The van der Waals surface area contributed by atoms with Crippen molar-refractivity contribution < 1.29 is 91.4 Å². The lowest BCUT2D eigenvalue weighted by Crippen LogP contribution is -2.34. The Hall–Kier alpha value is -9.97. The Balaban J connectivity index is 0.000000235. The van der Waals surface area contributed by atoms with Crippen LogP contribution in [0.3, 0.4) is 0 Å². The van der Waals surface area contributed by atoms with Crippen molar-refractivity contribution in [3.63, 3.8) is 0 Å². The Morgan fingerprint density at radius 2 is 0.780 bits per heavy atom. The minimum absolute atomic E-state index is 0. The first kappa shape index (κ1) is 79.0. The summed E-state index contributed by atoms with van der Waals surface area (Å²) < 4.78 is 55.4. The number of aromatic amines is 3. The third kappa shape index (κ3) is 20.1. The fraction of sp³-hybridized carbons (Fsp3) is 0.375. The Morgan fingerprint density at radius 3 is 1.16 bits per heavy atom. The van der Waals surface area contributed by atoms with Crippen molar-refractivity contribution in [3.8, 4) is 0 Å². The third-order valence-corrected chi connectivity index (χ3v) is 16.6. The van der Waals surface area contributed by atoms with Gasteiger partial charge in [0.15, 0.2) is 11.6 Å². The van der Waals surface area contributed by atoms with Gasteiger partial charge in [0.2, 0.25) is 0 Å². The minimum atomic E-state index is -1.13. The second kappa shape index (κ2) is 34.7. The number of hydrogen-bond acceptors (Lipinski definition) is 15. The van der Waals surface area contributed by atoms with Gasteiger partial charge in [-0.3, -0.25) is 43.2 Å². The second-order valence-corrected chi connectivity index (χ2v) is 24.8. The maximum Gasteiger partial charge on any atom is 0.256 e. The van der Waals surface area contributed by atoms with E-state index in [4.69, 9.17) is 0 Å². The first-order valence-corrected chi connectivity index (χ1v) is 31.8. The number of rotatable bonds is 26. The maximum absolute atomic E-state index is 14.4. The van der Waals surface area contributed by atoms with E-state index in [-0.39, 0.29) is 136 Å². The summed E-state index contributed by atoms with van der Waals surface area (Å²) in [6, 6.07) is 10.3. The van der Waals surface area contributed by atoms with Gasteiger partial charge in [-0.2, -0.15) is 0 Å². The molecule has 6 amide bonds. The number of anilines is 3. The molecule has 3 aromatic carbocycles. The second-order valence-electron chi connectivity index (χ2n) is 24.8. The number of ketones is 3. The summed E-state index contributed by atoms with van der Waals surface area (Å²) in [5.74, 6) is -6.12. The van der Waals surface area contributed by atoms with E-state index in [0.717, 1.165) is 6.07 Å². The van der Waals surface area contributed by atoms with Crippen LogP contribution >= 0.6 is 0 Å². The van der Waals surface area contributed by atoms with Crippen molar-refractivity contribution in [1.82, 2.24) is 30.9 Å². The van der Waals surface area contributed by atoms with Crippen molar-refractivity contribution in [2.24, 2.45) is 0 Å². The molecule has 0 unspecified atom stereocenters. The van der Waals surface area contributed by atoms with Gasteiger partial charge in [-0.05, 0) is 171 Å². The highest BCUT2D eigenvalue weighted by Crippen LogP contribution is 2.39. The Morgan fingerprint density at radius 1 is 0.450 bits per heavy atom. The van der Waals surface area contributed by atoms with Crippen molar-refractivity contribution in [2.75, 3.05) is 35.6 Å². The van der Waals surface area contributed by atoms with E-state index < -0.39 is 77.6 Å². The first-order valence-electron chi connectivity index (χ1n) is 31.8. The average molecular weight is 1390 g/mol. The van der Waals surface area contributed by atoms with Crippen LogP contribution in [-0.2, 0) is 28.8 Å². The molecule has 0 fully saturated rings. The number of aromatic nitrogens is 3. The van der Waals surface area contributed by atoms with E-state index in [1.807, 2.05) is 0 Å². The number of aliphatic hydroxyl groups is 6. The molecule has 3 aliphatic heterocycles. The van der Waals surface area contributed by atoms with Crippen molar-refractivity contribution in [3.05, 3.63) is 156 Å². The highest BCUT2D eigenvalue weighted by molar-refractivity contribution is 6.36. The zero-order chi connectivity index (χ0) is 73.0. The van der Waals surface area contributed by atoms with Crippen LogP contribution in [0.5, 0.6) is 0 Å². The van der Waals surface area contributed by atoms with Crippen LogP contribution in [0.1, 0.15) is 178 Å². The number of amides is 6. The first-order chi connectivity index (χ1) is 46.6. The smallest absolute Gasteiger partial charge is 0.256 e. The number of aryl methyl sites for hydroxylation is 3. The van der Waals surface area contributed by atoms with E-state index >= 15 is 0 Å². The molecule has 6 atom stereocenters. The summed E-state index contributed by atoms with van der Waals surface area (Å²) in [5, 5.41) is 75.2. The number of aliphatic hydroxyl groups excluding tert-OH is 6. The lowest BCUT2D eigenvalue weighted by molar-refractivity contribution is -0.120. The lowest BCUT2D eigenvalue weighted by atomic mass is 10.0. The monoisotopic (exact) mass is 1390 g/mol.